The van der Waals surface area contributed by atoms with Crippen molar-refractivity contribution in [1.82, 2.24) is 0 Å². The van der Waals surface area contributed by atoms with Crippen LogP contribution in [0.2, 0.25) is 0 Å². The number of carboxylic acids is 1. The minimum Gasteiger partial charge on any atom is -0.479 e. The van der Waals surface area contributed by atoms with Crippen LogP contribution in [0, 0.1) is 0 Å². The zero-order valence-electron chi connectivity index (χ0n) is 7.74. The summed E-state index contributed by atoms with van der Waals surface area (Å²) in [6, 6.07) is 0. The second-order valence-electron chi connectivity index (χ2n) is 2.77. The first kappa shape index (κ1) is 11.4. The molecule has 0 aromatic rings. The average Bonchev–Trinajstić information content (AvgIpc) is 1.97. The van der Waals surface area contributed by atoms with E-state index in [0.717, 1.165) is 0 Å². The Morgan fingerprint density at radius 3 is 2.17 bits per heavy atom. The number of hydrogen-bond acceptors (Lipinski definition) is 3. The van der Waals surface area contributed by atoms with Crippen LogP contribution in [0.3, 0.4) is 0 Å². The Bertz CT molecular complexity index is 133. The van der Waals surface area contributed by atoms with Gasteiger partial charge in [0.15, 0.2) is 6.10 Å². The summed E-state index contributed by atoms with van der Waals surface area (Å²) >= 11 is 0. The highest BCUT2D eigenvalue weighted by Crippen LogP contribution is 1.92. The summed E-state index contributed by atoms with van der Waals surface area (Å²) in [6.07, 6.45) is -0.588. The molecule has 4 nitrogen and oxygen atoms in total. The van der Waals surface area contributed by atoms with Gasteiger partial charge in [-0.2, -0.15) is 0 Å². The van der Waals surface area contributed by atoms with Crippen LogP contribution in [0.1, 0.15) is 20.8 Å². The predicted molar refractivity (Wildman–Crippen MR) is 44.1 cm³/mol. The molecule has 12 heavy (non-hydrogen) atoms. The highest BCUT2D eigenvalue weighted by Gasteiger charge is 2.09. The van der Waals surface area contributed by atoms with E-state index in [-0.39, 0.29) is 6.10 Å². The standard InChI is InChI=1S/C8H16O4/c1-6(2)11-4-5-12-7(3)8(9)10/h6-7H,4-5H2,1-3H3,(H,9,10)/t7-/m0/s1. The van der Waals surface area contributed by atoms with Gasteiger partial charge in [-0.25, -0.2) is 4.79 Å². The van der Waals surface area contributed by atoms with Crippen LogP contribution in [-0.2, 0) is 14.3 Å². The van der Waals surface area contributed by atoms with E-state index in [1.165, 1.54) is 6.92 Å². The first-order valence-corrected chi connectivity index (χ1v) is 4.00. The summed E-state index contributed by atoms with van der Waals surface area (Å²) in [7, 11) is 0. The van der Waals surface area contributed by atoms with Crippen molar-refractivity contribution in [2.24, 2.45) is 0 Å². The maximum Gasteiger partial charge on any atom is 0.332 e. The van der Waals surface area contributed by atoms with E-state index in [9.17, 15) is 4.79 Å². The summed E-state index contributed by atoms with van der Waals surface area (Å²) in [4.78, 5) is 10.3. The summed E-state index contributed by atoms with van der Waals surface area (Å²) in [5.74, 6) is -0.945. The molecule has 0 saturated carbocycles. The van der Waals surface area contributed by atoms with E-state index in [4.69, 9.17) is 14.6 Å². The summed E-state index contributed by atoms with van der Waals surface area (Å²) in [5, 5.41) is 8.42. The van der Waals surface area contributed by atoms with Gasteiger partial charge in [-0.1, -0.05) is 0 Å². The first-order valence-electron chi connectivity index (χ1n) is 4.00. The fourth-order valence-corrected chi connectivity index (χ4v) is 0.580. The Kier molecular flexibility index (Phi) is 5.66. The summed E-state index contributed by atoms with van der Waals surface area (Å²) in [6.45, 7) is 6.10. The smallest absolute Gasteiger partial charge is 0.332 e. The van der Waals surface area contributed by atoms with Gasteiger partial charge in [-0.05, 0) is 20.8 Å². The van der Waals surface area contributed by atoms with Gasteiger partial charge in [-0.3, -0.25) is 0 Å². The SMILES string of the molecule is CC(C)OCCO[C@@H](C)C(=O)O. The normalized spacial score (nSPS) is 13.3. The van der Waals surface area contributed by atoms with Gasteiger partial charge in [0.05, 0.1) is 19.3 Å². The van der Waals surface area contributed by atoms with Crippen LogP contribution in [0.25, 0.3) is 0 Å². The molecule has 72 valence electrons. The number of carbonyl (C=O) groups is 1. The van der Waals surface area contributed by atoms with Crippen molar-refractivity contribution in [3.05, 3.63) is 0 Å². The number of rotatable bonds is 6. The van der Waals surface area contributed by atoms with Crippen molar-refractivity contribution in [1.29, 1.82) is 0 Å². The van der Waals surface area contributed by atoms with Crippen molar-refractivity contribution in [3.8, 4) is 0 Å². The zero-order valence-corrected chi connectivity index (χ0v) is 7.74. The molecule has 0 heterocycles. The van der Waals surface area contributed by atoms with Crippen molar-refractivity contribution < 1.29 is 19.4 Å². The van der Waals surface area contributed by atoms with E-state index in [1.54, 1.807) is 0 Å². The molecule has 0 bridgehead atoms. The molecule has 0 radical (unpaired) electrons. The molecule has 0 aliphatic rings. The third-order valence-electron chi connectivity index (χ3n) is 1.25. The van der Waals surface area contributed by atoms with Crippen LogP contribution < -0.4 is 0 Å². The first-order chi connectivity index (χ1) is 5.54. The van der Waals surface area contributed by atoms with Crippen LogP contribution in [0.5, 0.6) is 0 Å². The van der Waals surface area contributed by atoms with Crippen molar-refractivity contribution in [2.75, 3.05) is 13.2 Å². The Morgan fingerprint density at radius 2 is 1.75 bits per heavy atom. The van der Waals surface area contributed by atoms with E-state index in [2.05, 4.69) is 0 Å². The number of carboxylic acid groups (broad SMARTS) is 1. The highest BCUT2D eigenvalue weighted by atomic mass is 16.5. The fraction of sp³-hybridized carbons (Fsp3) is 0.875. The summed E-state index contributed by atoms with van der Waals surface area (Å²) in [5.41, 5.74) is 0. The van der Waals surface area contributed by atoms with Crippen molar-refractivity contribution >= 4 is 5.97 Å². The van der Waals surface area contributed by atoms with E-state index >= 15 is 0 Å². The molecule has 0 amide bonds. The zero-order chi connectivity index (χ0) is 9.56. The van der Waals surface area contributed by atoms with Gasteiger partial charge < -0.3 is 14.6 Å². The maximum atomic E-state index is 10.3. The largest absolute Gasteiger partial charge is 0.479 e. The Balaban J connectivity index is 3.25. The van der Waals surface area contributed by atoms with Gasteiger partial charge in [0.2, 0.25) is 0 Å². The molecule has 0 aliphatic carbocycles. The Labute approximate surface area is 72.5 Å². The molecule has 0 fully saturated rings. The molecule has 1 N–H and O–H groups in total. The van der Waals surface area contributed by atoms with Gasteiger partial charge >= 0.3 is 5.97 Å². The lowest BCUT2D eigenvalue weighted by molar-refractivity contribution is -0.150. The molecule has 0 spiro atoms. The molecule has 0 aliphatic heterocycles. The predicted octanol–water partition coefficient (Wildman–Crippen LogP) is 0.901. The van der Waals surface area contributed by atoms with Crippen LogP contribution in [0.15, 0.2) is 0 Å². The van der Waals surface area contributed by atoms with E-state index in [0.29, 0.717) is 13.2 Å². The van der Waals surface area contributed by atoms with Crippen LogP contribution >= 0.6 is 0 Å². The number of aliphatic carboxylic acids is 1. The lowest BCUT2D eigenvalue weighted by atomic mass is 10.4. The molecule has 0 saturated heterocycles. The van der Waals surface area contributed by atoms with Gasteiger partial charge in [0.1, 0.15) is 0 Å². The Morgan fingerprint density at radius 1 is 1.25 bits per heavy atom. The van der Waals surface area contributed by atoms with Gasteiger partial charge in [0.25, 0.3) is 0 Å². The molecule has 0 unspecified atom stereocenters. The molecule has 4 heteroatoms. The second kappa shape index (κ2) is 5.97. The topological polar surface area (TPSA) is 55.8 Å². The molecule has 1 atom stereocenters. The van der Waals surface area contributed by atoms with Crippen molar-refractivity contribution in [3.63, 3.8) is 0 Å². The molecular formula is C8H16O4. The summed E-state index contributed by atoms with van der Waals surface area (Å²) < 4.78 is 10.1. The average molecular weight is 176 g/mol. The highest BCUT2D eigenvalue weighted by molar-refractivity contribution is 5.71. The number of hydrogen-bond donors (Lipinski definition) is 1. The lowest BCUT2D eigenvalue weighted by Crippen LogP contribution is -2.22. The quantitative estimate of drug-likeness (QED) is 0.611. The molecular weight excluding hydrogens is 160 g/mol. The maximum absolute atomic E-state index is 10.3. The minimum absolute atomic E-state index is 0.161. The third-order valence-corrected chi connectivity index (χ3v) is 1.25. The molecule has 0 aromatic heterocycles. The van der Waals surface area contributed by atoms with Crippen molar-refractivity contribution in [2.45, 2.75) is 33.0 Å². The van der Waals surface area contributed by atoms with Crippen LogP contribution in [0.4, 0.5) is 0 Å². The monoisotopic (exact) mass is 176 g/mol. The second-order valence-corrected chi connectivity index (χ2v) is 2.77. The number of ether oxygens (including phenoxy) is 2. The van der Waals surface area contributed by atoms with E-state index < -0.39 is 12.1 Å². The van der Waals surface area contributed by atoms with Gasteiger partial charge in [-0.15, -0.1) is 0 Å². The third kappa shape index (κ3) is 6.12. The molecule has 0 aromatic carbocycles. The van der Waals surface area contributed by atoms with E-state index in [1.807, 2.05) is 13.8 Å². The minimum atomic E-state index is -0.945. The fourth-order valence-electron chi connectivity index (χ4n) is 0.580. The molecule has 0 rings (SSSR count). The lowest BCUT2D eigenvalue weighted by Gasteiger charge is -2.10. The van der Waals surface area contributed by atoms with Crippen LogP contribution in [-0.4, -0.2) is 36.5 Å². The Hall–Kier alpha value is -0.610. The van der Waals surface area contributed by atoms with Gasteiger partial charge in [0, 0.05) is 0 Å².